The third kappa shape index (κ3) is 2.81. The summed E-state index contributed by atoms with van der Waals surface area (Å²) in [6.45, 7) is 6.01. The first-order chi connectivity index (χ1) is 15.8. The summed E-state index contributed by atoms with van der Waals surface area (Å²) in [5, 5.41) is 5.32. The molecule has 0 radical (unpaired) electrons. The number of fused-ring (bicyclic) bond motifs is 7. The minimum atomic E-state index is -0.523. The number of nitrogens with one attached hydrogen (secondary N) is 1. The van der Waals surface area contributed by atoms with Gasteiger partial charge >= 0.3 is 0 Å². The molecule has 6 rings (SSSR count). The van der Waals surface area contributed by atoms with Crippen LogP contribution in [0.3, 0.4) is 0 Å². The Kier molecular flexibility index (Phi) is 4.26. The molecule has 1 N–H and O–H groups in total. The van der Waals surface area contributed by atoms with E-state index in [1.807, 2.05) is 45.0 Å². The number of aryl methyl sites for hydroxylation is 1. The van der Waals surface area contributed by atoms with E-state index in [1.54, 1.807) is 25.3 Å². The minimum Gasteiger partial charge on any atom is -0.483 e. The number of ether oxygens (including phenoxy) is 3. The van der Waals surface area contributed by atoms with Gasteiger partial charge in [-0.2, -0.15) is 0 Å². The molecule has 168 valence electrons. The number of methoxy groups -OCH3 is 1. The van der Waals surface area contributed by atoms with Crippen LogP contribution in [-0.4, -0.2) is 42.7 Å². The quantitative estimate of drug-likeness (QED) is 0.462. The van der Waals surface area contributed by atoms with Crippen LogP contribution in [0.5, 0.6) is 5.75 Å². The summed E-state index contributed by atoms with van der Waals surface area (Å²) in [7, 11) is 1.62. The van der Waals surface area contributed by atoms with E-state index in [0.717, 1.165) is 16.3 Å². The second-order valence-electron chi connectivity index (χ2n) is 9.52. The zero-order valence-electron chi connectivity index (χ0n) is 19.0. The molecule has 2 aliphatic heterocycles. The maximum atomic E-state index is 13.8. The van der Waals surface area contributed by atoms with E-state index in [0.29, 0.717) is 40.1 Å². The van der Waals surface area contributed by atoms with Crippen LogP contribution in [0.4, 0.5) is 5.69 Å². The Morgan fingerprint density at radius 1 is 1.03 bits per heavy atom. The predicted molar refractivity (Wildman–Crippen MR) is 124 cm³/mol. The van der Waals surface area contributed by atoms with Crippen LogP contribution in [0.1, 0.15) is 57.7 Å². The number of anilines is 1. The molecule has 0 bridgehead atoms. The van der Waals surface area contributed by atoms with Crippen LogP contribution >= 0.6 is 0 Å². The highest BCUT2D eigenvalue weighted by Crippen LogP contribution is 2.47. The number of rotatable bonds is 1. The SMILES string of the molecule is CO[C@H]1C[C@@]2(C)Nc3c(ccc4c3C(=O)c3ccc5cc(C)ccc5c3C4=O)O[C@H]2[C@H](C)O1. The average molecular weight is 443 g/mol. The second-order valence-corrected chi connectivity index (χ2v) is 9.52. The molecule has 1 saturated heterocycles. The molecule has 4 atom stereocenters. The van der Waals surface area contributed by atoms with Gasteiger partial charge in [-0.05, 0) is 49.7 Å². The van der Waals surface area contributed by atoms with Crippen molar-refractivity contribution in [3.8, 4) is 5.75 Å². The van der Waals surface area contributed by atoms with Gasteiger partial charge in [-0.25, -0.2) is 0 Å². The number of hydrogen-bond acceptors (Lipinski definition) is 6. The largest absolute Gasteiger partial charge is 0.483 e. The van der Waals surface area contributed by atoms with E-state index in [9.17, 15) is 9.59 Å². The average Bonchev–Trinajstić information content (AvgIpc) is 2.79. The zero-order valence-corrected chi connectivity index (χ0v) is 19.0. The summed E-state index contributed by atoms with van der Waals surface area (Å²) in [6, 6.07) is 13.1. The van der Waals surface area contributed by atoms with Gasteiger partial charge in [-0.1, -0.05) is 29.8 Å². The Labute approximate surface area is 191 Å². The number of carbonyl (C=O) groups is 2. The van der Waals surface area contributed by atoms with E-state index in [-0.39, 0.29) is 30.1 Å². The summed E-state index contributed by atoms with van der Waals surface area (Å²) >= 11 is 0. The van der Waals surface area contributed by atoms with Crippen LogP contribution in [0.15, 0.2) is 42.5 Å². The van der Waals surface area contributed by atoms with Gasteiger partial charge in [0.15, 0.2) is 17.9 Å². The van der Waals surface area contributed by atoms with Gasteiger partial charge in [-0.15, -0.1) is 0 Å². The van der Waals surface area contributed by atoms with Crippen LogP contribution in [0.25, 0.3) is 10.8 Å². The van der Waals surface area contributed by atoms with Crippen molar-refractivity contribution in [3.05, 3.63) is 70.3 Å². The van der Waals surface area contributed by atoms with Gasteiger partial charge in [0.05, 0.1) is 22.9 Å². The van der Waals surface area contributed by atoms with E-state index >= 15 is 0 Å². The Hall–Kier alpha value is -3.22. The predicted octanol–water partition coefficient (Wildman–Crippen LogP) is 4.64. The van der Waals surface area contributed by atoms with Crippen molar-refractivity contribution >= 4 is 28.0 Å². The summed E-state index contributed by atoms with van der Waals surface area (Å²) in [4.78, 5) is 27.5. The first-order valence-electron chi connectivity index (χ1n) is 11.2. The van der Waals surface area contributed by atoms with Crippen molar-refractivity contribution < 1.29 is 23.8 Å². The van der Waals surface area contributed by atoms with E-state index < -0.39 is 5.54 Å². The van der Waals surface area contributed by atoms with Crippen LogP contribution < -0.4 is 10.1 Å². The number of ketones is 2. The van der Waals surface area contributed by atoms with Crippen LogP contribution in [-0.2, 0) is 9.47 Å². The molecule has 3 aliphatic rings. The van der Waals surface area contributed by atoms with Crippen molar-refractivity contribution in [2.24, 2.45) is 0 Å². The molecule has 1 aliphatic carbocycles. The van der Waals surface area contributed by atoms with Crippen molar-refractivity contribution in [1.29, 1.82) is 0 Å². The second kappa shape index (κ2) is 6.89. The maximum absolute atomic E-state index is 13.8. The fourth-order valence-electron chi connectivity index (χ4n) is 5.63. The molecule has 3 aromatic carbocycles. The van der Waals surface area contributed by atoms with Crippen molar-refractivity contribution in [2.75, 3.05) is 12.4 Å². The summed E-state index contributed by atoms with van der Waals surface area (Å²) < 4.78 is 17.8. The highest BCUT2D eigenvalue weighted by atomic mass is 16.7. The Balaban J connectivity index is 1.51. The topological polar surface area (TPSA) is 73.9 Å². The van der Waals surface area contributed by atoms with E-state index in [2.05, 4.69) is 5.32 Å². The van der Waals surface area contributed by atoms with E-state index in [1.165, 1.54) is 0 Å². The monoisotopic (exact) mass is 443 g/mol. The third-order valence-electron chi connectivity index (χ3n) is 7.22. The smallest absolute Gasteiger partial charge is 0.196 e. The fraction of sp³-hybridized carbons (Fsp3) is 0.333. The highest BCUT2D eigenvalue weighted by molar-refractivity contribution is 6.33. The zero-order chi connectivity index (χ0) is 23.1. The Morgan fingerprint density at radius 3 is 2.55 bits per heavy atom. The number of hydrogen-bond donors (Lipinski definition) is 1. The molecule has 0 spiro atoms. The lowest BCUT2D eigenvalue weighted by Gasteiger charge is -2.51. The normalized spacial score (nSPS) is 27.7. The van der Waals surface area contributed by atoms with E-state index in [4.69, 9.17) is 14.2 Å². The van der Waals surface area contributed by atoms with Gasteiger partial charge < -0.3 is 19.5 Å². The van der Waals surface area contributed by atoms with Crippen molar-refractivity contribution in [1.82, 2.24) is 0 Å². The lowest BCUT2D eigenvalue weighted by molar-refractivity contribution is -0.220. The molecular formula is C27H25NO5. The number of benzene rings is 3. The summed E-state index contributed by atoms with van der Waals surface area (Å²) in [5.41, 5.74) is 2.85. The van der Waals surface area contributed by atoms with Gasteiger partial charge in [0.1, 0.15) is 11.9 Å². The minimum absolute atomic E-state index is 0.138. The molecule has 2 heterocycles. The Morgan fingerprint density at radius 2 is 1.76 bits per heavy atom. The molecule has 0 amide bonds. The van der Waals surface area contributed by atoms with Gasteiger partial charge in [0.25, 0.3) is 0 Å². The molecular weight excluding hydrogens is 418 g/mol. The Bertz CT molecular complexity index is 1360. The van der Waals surface area contributed by atoms with Crippen LogP contribution in [0.2, 0.25) is 0 Å². The molecule has 0 saturated carbocycles. The van der Waals surface area contributed by atoms with Gasteiger partial charge in [0.2, 0.25) is 0 Å². The molecule has 1 fully saturated rings. The van der Waals surface area contributed by atoms with Crippen molar-refractivity contribution in [3.63, 3.8) is 0 Å². The maximum Gasteiger partial charge on any atom is 0.196 e. The third-order valence-corrected chi connectivity index (χ3v) is 7.22. The molecule has 3 aromatic rings. The first-order valence-corrected chi connectivity index (χ1v) is 11.2. The first kappa shape index (κ1) is 20.4. The molecule has 6 nitrogen and oxygen atoms in total. The molecule has 0 aromatic heterocycles. The number of carbonyl (C=O) groups excluding carboxylic acids is 2. The fourth-order valence-corrected chi connectivity index (χ4v) is 5.63. The highest BCUT2D eigenvalue weighted by Gasteiger charge is 2.51. The molecule has 6 heteroatoms. The van der Waals surface area contributed by atoms with Gasteiger partial charge in [0, 0.05) is 30.2 Å². The van der Waals surface area contributed by atoms with Crippen molar-refractivity contribution in [2.45, 2.75) is 51.2 Å². The lowest BCUT2D eigenvalue weighted by atomic mass is 9.78. The molecule has 0 unspecified atom stereocenters. The summed E-state index contributed by atoms with van der Waals surface area (Å²) in [6.07, 6.45) is -0.308. The van der Waals surface area contributed by atoms with Gasteiger partial charge in [-0.3, -0.25) is 9.59 Å². The van der Waals surface area contributed by atoms with Crippen LogP contribution in [0, 0.1) is 6.92 Å². The lowest BCUT2D eigenvalue weighted by Crippen LogP contribution is -2.63. The standard InChI is InChI=1S/C27H25NO5/c1-13-5-7-16-15(11-13)6-8-17-21(16)24(29)18-9-10-19-23(22(18)25(17)30)28-27(3)12-20(31-4)32-14(2)26(27)33-19/h5-11,14,20,26,28H,12H2,1-4H3/t14-,20+,26-,27+/m0/s1. The summed E-state index contributed by atoms with van der Waals surface area (Å²) in [5.74, 6) is 0.255. The molecule has 33 heavy (non-hydrogen) atoms.